The molecule has 3 aromatic heterocycles. The predicted molar refractivity (Wildman–Crippen MR) is 252 cm³/mol. The van der Waals surface area contributed by atoms with E-state index in [1.807, 2.05) is 48.2 Å². The average molecular weight is 796 g/mol. The van der Waals surface area contributed by atoms with Crippen LogP contribution in [0.4, 0.5) is 0 Å². The Bertz CT molecular complexity index is 3660. The first-order valence-corrected chi connectivity index (χ1v) is 21.3. The number of aromatic nitrogens is 5. The van der Waals surface area contributed by atoms with Crippen molar-refractivity contribution in [2.45, 2.75) is 9.79 Å². The normalized spacial score (nSPS) is 12.2. The lowest BCUT2D eigenvalue weighted by Gasteiger charge is -2.22. The molecule has 1 aliphatic rings. The molecular formula is C55H33N5S. The van der Waals surface area contributed by atoms with Gasteiger partial charge in [-0.1, -0.05) is 157 Å². The zero-order valence-electron chi connectivity index (χ0n) is 32.7. The Kier molecular flexibility index (Phi) is 7.47. The summed E-state index contributed by atoms with van der Waals surface area (Å²) in [5.74, 6) is 1.85. The molecule has 0 atom stereocenters. The van der Waals surface area contributed by atoms with Crippen molar-refractivity contribution < 1.29 is 0 Å². The molecule has 0 aliphatic carbocycles. The van der Waals surface area contributed by atoms with Crippen LogP contribution in [0.25, 0.3) is 111 Å². The van der Waals surface area contributed by atoms with Gasteiger partial charge in [0.2, 0.25) is 5.95 Å². The lowest BCUT2D eigenvalue weighted by atomic mass is 9.91. The number of hydrogen-bond acceptors (Lipinski definition) is 4. The summed E-state index contributed by atoms with van der Waals surface area (Å²) >= 11 is 1.87. The van der Waals surface area contributed by atoms with Crippen molar-refractivity contribution in [1.82, 2.24) is 24.1 Å². The second kappa shape index (κ2) is 13.4. The molecule has 61 heavy (non-hydrogen) atoms. The Morgan fingerprint density at radius 3 is 1.64 bits per heavy atom. The number of rotatable bonds is 5. The van der Waals surface area contributed by atoms with E-state index >= 15 is 0 Å². The monoisotopic (exact) mass is 795 g/mol. The van der Waals surface area contributed by atoms with Crippen molar-refractivity contribution in [3.05, 3.63) is 200 Å². The molecule has 13 rings (SSSR count). The fourth-order valence-corrected chi connectivity index (χ4v) is 10.7. The highest BCUT2D eigenvalue weighted by atomic mass is 32.2. The highest BCUT2D eigenvalue weighted by Crippen LogP contribution is 2.52. The summed E-state index contributed by atoms with van der Waals surface area (Å²) in [6.07, 6.45) is 0. The molecule has 9 aromatic carbocycles. The van der Waals surface area contributed by atoms with Crippen LogP contribution in [0.5, 0.6) is 0 Å². The lowest BCUT2D eigenvalue weighted by molar-refractivity contribution is 0.953. The van der Waals surface area contributed by atoms with E-state index in [1.54, 1.807) is 0 Å². The first-order valence-electron chi connectivity index (χ1n) is 20.5. The summed E-state index contributed by atoms with van der Waals surface area (Å²) in [5.41, 5.74) is 12.4. The second-order valence-electron chi connectivity index (χ2n) is 15.6. The number of hydrogen-bond donors (Lipinski definition) is 0. The van der Waals surface area contributed by atoms with Gasteiger partial charge in [0, 0.05) is 53.5 Å². The maximum Gasteiger partial charge on any atom is 0.238 e. The third kappa shape index (κ3) is 5.19. The molecule has 0 bridgehead atoms. The lowest BCUT2D eigenvalue weighted by Crippen LogP contribution is -2.06. The summed E-state index contributed by atoms with van der Waals surface area (Å²) < 4.78 is 4.64. The minimum atomic E-state index is 0.582. The molecule has 1 aliphatic heterocycles. The SMILES string of the molecule is c1ccc(-c2nc(-c3ccccc3)nc(-n3c4ccccc4c4c(-c5ccc6c(c5)-c5cc7c(c8cccc(c58)S6)c5ccccc5n7-c5ccccc5)cccc43)n2)cc1. The topological polar surface area (TPSA) is 48.5 Å². The van der Waals surface area contributed by atoms with Crippen LogP contribution in [-0.4, -0.2) is 24.1 Å². The van der Waals surface area contributed by atoms with Crippen LogP contribution >= 0.6 is 11.8 Å². The van der Waals surface area contributed by atoms with Crippen molar-refractivity contribution in [2.75, 3.05) is 0 Å². The van der Waals surface area contributed by atoms with Gasteiger partial charge in [-0.05, 0) is 82.2 Å². The van der Waals surface area contributed by atoms with Crippen LogP contribution in [0.2, 0.25) is 0 Å². The third-order valence-corrected chi connectivity index (χ3v) is 13.3. The largest absolute Gasteiger partial charge is 0.309 e. The van der Waals surface area contributed by atoms with Gasteiger partial charge in [0.1, 0.15) is 0 Å². The Balaban J connectivity index is 1.05. The number of benzene rings is 9. The first kappa shape index (κ1) is 34.1. The van der Waals surface area contributed by atoms with Crippen LogP contribution in [0.3, 0.4) is 0 Å². The minimum absolute atomic E-state index is 0.582. The van der Waals surface area contributed by atoms with Crippen LogP contribution < -0.4 is 0 Å². The van der Waals surface area contributed by atoms with Gasteiger partial charge in [0.25, 0.3) is 0 Å². The summed E-state index contributed by atoms with van der Waals surface area (Å²) in [4.78, 5) is 17.9. The van der Waals surface area contributed by atoms with E-state index in [1.165, 1.54) is 53.5 Å². The van der Waals surface area contributed by atoms with E-state index in [9.17, 15) is 0 Å². The van der Waals surface area contributed by atoms with E-state index < -0.39 is 0 Å². The molecule has 284 valence electrons. The average Bonchev–Trinajstić information content (AvgIpc) is 3.85. The molecule has 6 heteroatoms. The molecule has 5 nitrogen and oxygen atoms in total. The molecule has 0 spiro atoms. The molecule has 12 aromatic rings. The Labute approximate surface area is 355 Å². The number of fused-ring (bicyclic) bond motifs is 9. The first-order chi connectivity index (χ1) is 30.3. The van der Waals surface area contributed by atoms with Gasteiger partial charge < -0.3 is 4.57 Å². The molecule has 0 saturated carbocycles. The molecule has 0 fully saturated rings. The van der Waals surface area contributed by atoms with E-state index in [0.717, 1.165) is 49.7 Å². The van der Waals surface area contributed by atoms with Gasteiger partial charge in [-0.25, -0.2) is 4.98 Å². The minimum Gasteiger partial charge on any atom is -0.309 e. The summed E-state index contributed by atoms with van der Waals surface area (Å²) in [6, 6.07) is 71.4. The Morgan fingerprint density at radius 1 is 0.328 bits per heavy atom. The molecule has 4 heterocycles. The van der Waals surface area contributed by atoms with Crippen molar-refractivity contribution in [1.29, 1.82) is 0 Å². The van der Waals surface area contributed by atoms with Crippen LogP contribution in [0.15, 0.2) is 210 Å². The van der Waals surface area contributed by atoms with E-state index in [4.69, 9.17) is 15.0 Å². The molecule has 0 amide bonds. The molecule has 0 radical (unpaired) electrons. The third-order valence-electron chi connectivity index (χ3n) is 12.2. The Morgan fingerprint density at radius 2 is 0.918 bits per heavy atom. The highest BCUT2D eigenvalue weighted by Gasteiger charge is 2.26. The van der Waals surface area contributed by atoms with Gasteiger partial charge in [-0.15, -0.1) is 0 Å². The van der Waals surface area contributed by atoms with Gasteiger partial charge in [-0.3, -0.25) is 4.57 Å². The number of para-hydroxylation sites is 3. The van der Waals surface area contributed by atoms with Crippen molar-refractivity contribution in [3.63, 3.8) is 0 Å². The molecule has 0 saturated heterocycles. The Hall–Kier alpha value is -7.80. The predicted octanol–water partition coefficient (Wildman–Crippen LogP) is 14.4. The van der Waals surface area contributed by atoms with Crippen molar-refractivity contribution >= 4 is 66.1 Å². The van der Waals surface area contributed by atoms with Gasteiger partial charge >= 0.3 is 0 Å². The van der Waals surface area contributed by atoms with Gasteiger partial charge in [-0.2, -0.15) is 9.97 Å². The van der Waals surface area contributed by atoms with Crippen molar-refractivity contribution in [3.8, 4) is 56.7 Å². The zero-order valence-corrected chi connectivity index (χ0v) is 33.5. The fourth-order valence-electron chi connectivity index (χ4n) is 9.55. The standard InChI is InChI=1S/C55H33N5S/c1-4-16-34(17-5-1)53-56-54(35-18-6-2-7-19-35)58-55(57-53)60-45-27-13-11-23-40(45)50-38(24-14-28-46(50)60)36-30-31-48-42(32-36)43-33-47-51(41-25-15-29-49(61-48)52(41)43)39-22-10-12-26-44(39)59(47)37-20-8-3-9-21-37/h1-33H. The summed E-state index contributed by atoms with van der Waals surface area (Å²) in [5, 5.41) is 7.46. The van der Waals surface area contributed by atoms with Crippen LogP contribution in [0.1, 0.15) is 0 Å². The second-order valence-corrected chi connectivity index (χ2v) is 16.6. The van der Waals surface area contributed by atoms with Gasteiger partial charge in [0.05, 0.1) is 22.1 Å². The zero-order chi connectivity index (χ0) is 40.0. The van der Waals surface area contributed by atoms with Gasteiger partial charge in [0.15, 0.2) is 11.6 Å². The molecule has 0 N–H and O–H groups in total. The molecule has 0 unspecified atom stereocenters. The fraction of sp³-hybridized carbons (Fsp3) is 0. The quantitative estimate of drug-likeness (QED) is 0.174. The summed E-state index contributed by atoms with van der Waals surface area (Å²) in [6.45, 7) is 0. The highest BCUT2D eigenvalue weighted by molar-refractivity contribution is 7.99. The maximum atomic E-state index is 5.18. The molecular weight excluding hydrogens is 763 g/mol. The smallest absolute Gasteiger partial charge is 0.238 e. The summed E-state index contributed by atoms with van der Waals surface area (Å²) in [7, 11) is 0. The maximum absolute atomic E-state index is 5.18. The van der Waals surface area contributed by atoms with Crippen LogP contribution in [-0.2, 0) is 0 Å². The van der Waals surface area contributed by atoms with Crippen molar-refractivity contribution in [2.24, 2.45) is 0 Å². The van der Waals surface area contributed by atoms with E-state index in [2.05, 4.69) is 173 Å². The van der Waals surface area contributed by atoms with Crippen LogP contribution in [0, 0.1) is 0 Å². The van der Waals surface area contributed by atoms with E-state index in [0.29, 0.717) is 17.6 Å². The number of nitrogens with zero attached hydrogens (tertiary/aromatic N) is 5. The van der Waals surface area contributed by atoms with E-state index in [-0.39, 0.29) is 0 Å².